The Bertz CT molecular complexity index is 310. The molecule has 0 aromatic heterocycles. The maximum atomic E-state index is 11.5. The van der Waals surface area contributed by atoms with E-state index < -0.39 is 0 Å². The second-order valence-corrected chi connectivity index (χ2v) is 5.20. The van der Waals surface area contributed by atoms with Gasteiger partial charge in [0.2, 0.25) is 11.8 Å². The van der Waals surface area contributed by atoms with E-state index in [0.29, 0.717) is 39.0 Å². The number of aliphatic hydroxyl groups is 2. The molecule has 0 bridgehead atoms. The van der Waals surface area contributed by atoms with Gasteiger partial charge in [-0.15, -0.1) is 0 Å². The summed E-state index contributed by atoms with van der Waals surface area (Å²) in [6.45, 7) is 7.68. The minimum Gasteiger partial charge on any atom is -0.395 e. The molecule has 0 aliphatic rings. The van der Waals surface area contributed by atoms with Gasteiger partial charge in [0.05, 0.1) is 13.2 Å². The molecule has 0 aliphatic carbocycles. The Kier molecular flexibility index (Phi) is 18.9. The lowest BCUT2D eigenvalue weighted by molar-refractivity contribution is -0.134. The predicted octanol–water partition coefficient (Wildman–Crippen LogP) is -1.13. The molecule has 0 saturated carbocycles. The Balaban J connectivity index is 0. The molecule has 0 spiro atoms. The van der Waals surface area contributed by atoms with Crippen molar-refractivity contribution < 1.29 is 19.8 Å². The van der Waals surface area contributed by atoms with Crippen molar-refractivity contribution >= 4 is 11.8 Å². The lowest BCUT2D eigenvalue weighted by Gasteiger charge is -2.24. The summed E-state index contributed by atoms with van der Waals surface area (Å²) in [5.74, 6) is 0.0688. The molecule has 0 atom stereocenters. The first-order valence-corrected chi connectivity index (χ1v) is 8.57. The van der Waals surface area contributed by atoms with Crippen LogP contribution in [0, 0.1) is 0 Å². The molecule has 0 rings (SSSR count). The lowest BCUT2D eigenvalue weighted by Crippen LogP contribution is -2.40. The van der Waals surface area contributed by atoms with E-state index in [1.54, 1.807) is 23.8 Å². The Hall–Kier alpha value is -1.22. The average molecular weight is 348 g/mol. The van der Waals surface area contributed by atoms with Crippen LogP contribution in [0.3, 0.4) is 0 Å². The normalized spacial score (nSPS) is 9.92. The topological polar surface area (TPSA) is 105 Å². The minimum absolute atomic E-state index is 0.00592. The fraction of sp³-hybridized carbons (Fsp3) is 0.875. The molecule has 24 heavy (non-hydrogen) atoms. The molecular weight excluding hydrogens is 312 g/mol. The molecule has 0 aromatic carbocycles. The van der Waals surface area contributed by atoms with Crippen LogP contribution in [0.1, 0.15) is 26.7 Å². The molecule has 0 unspecified atom stereocenters. The zero-order chi connectivity index (χ0) is 18.8. The van der Waals surface area contributed by atoms with Crippen LogP contribution in [0.15, 0.2) is 0 Å². The fourth-order valence-electron chi connectivity index (χ4n) is 1.79. The smallest absolute Gasteiger partial charge is 0.222 e. The van der Waals surface area contributed by atoms with Gasteiger partial charge in [-0.25, -0.2) is 0 Å². The predicted molar refractivity (Wildman–Crippen MR) is 95.8 cm³/mol. The van der Waals surface area contributed by atoms with Crippen molar-refractivity contribution in [2.45, 2.75) is 26.7 Å². The number of nitrogens with one attached hydrogen (secondary N) is 2. The van der Waals surface area contributed by atoms with Crippen LogP contribution in [0.4, 0.5) is 0 Å². The third-order valence-electron chi connectivity index (χ3n) is 3.30. The highest BCUT2D eigenvalue weighted by molar-refractivity contribution is 5.76. The van der Waals surface area contributed by atoms with Crippen molar-refractivity contribution in [2.75, 3.05) is 66.6 Å². The Labute approximate surface area is 146 Å². The highest BCUT2D eigenvalue weighted by Gasteiger charge is 2.13. The van der Waals surface area contributed by atoms with E-state index in [1.807, 2.05) is 14.0 Å². The van der Waals surface area contributed by atoms with Crippen molar-refractivity contribution in [3.63, 3.8) is 0 Å². The van der Waals surface area contributed by atoms with Gasteiger partial charge in [0.1, 0.15) is 0 Å². The number of likely N-dealkylation sites (N-methyl/N-ethyl adjacent to an activating group) is 2. The van der Waals surface area contributed by atoms with Crippen molar-refractivity contribution in [1.29, 1.82) is 0 Å². The van der Waals surface area contributed by atoms with Gasteiger partial charge >= 0.3 is 0 Å². The van der Waals surface area contributed by atoms with Crippen LogP contribution in [0.25, 0.3) is 0 Å². The third kappa shape index (κ3) is 14.4. The molecule has 0 saturated heterocycles. The van der Waals surface area contributed by atoms with Crippen LogP contribution >= 0.6 is 0 Å². The zero-order valence-electron chi connectivity index (χ0n) is 15.7. The molecule has 0 heterocycles. The number of hydrogen-bond acceptors (Lipinski definition) is 6. The molecule has 2 amide bonds. The minimum atomic E-state index is -0.0445. The molecule has 4 N–H and O–H groups in total. The average Bonchev–Trinajstić information content (AvgIpc) is 2.61. The van der Waals surface area contributed by atoms with Gasteiger partial charge in [-0.3, -0.25) is 9.59 Å². The monoisotopic (exact) mass is 348 g/mol. The van der Waals surface area contributed by atoms with Crippen LogP contribution in [0.2, 0.25) is 0 Å². The number of aliphatic hydroxyl groups excluding tert-OH is 2. The molecule has 0 aromatic rings. The quantitative estimate of drug-likeness (QED) is 0.333. The summed E-state index contributed by atoms with van der Waals surface area (Å²) in [7, 11) is 3.63. The second-order valence-electron chi connectivity index (χ2n) is 5.20. The van der Waals surface area contributed by atoms with Crippen LogP contribution in [0.5, 0.6) is 0 Å². The van der Waals surface area contributed by atoms with E-state index in [9.17, 15) is 9.59 Å². The van der Waals surface area contributed by atoms with E-state index in [-0.39, 0.29) is 25.0 Å². The van der Waals surface area contributed by atoms with Crippen molar-refractivity contribution in [3.8, 4) is 0 Å². The first kappa shape index (κ1) is 25.0. The van der Waals surface area contributed by atoms with Gasteiger partial charge in [0.15, 0.2) is 0 Å². The van der Waals surface area contributed by atoms with E-state index >= 15 is 0 Å². The van der Waals surface area contributed by atoms with Crippen LogP contribution < -0.4 is 10.6 Å². The number of nitrogens with zero attached hydrogens (tertiary/aromatic N) is 2. The van der Waals surface area contributed by atoms with E-state index in [4.69, 9.17) is 10.2 Å². The third-order valence-corrected chi connectivity index (χ3v) is 3.30. The number of carbonyl (C=O) groups excluding carboxylic acids is 2. The molecule has 0 fully saturated rings. The van der Waals surface area contributed by atoms with Gasteiger partial charge in [0.25, 0.3) is 0 Å². The molecule has 144 valence electrons. The molecular formula is C16H36N4O4. The summed E-state index contributed by atoms with van der Waals surface area (Å²) in [6.07, 6.45) is 0.893. The van der Waals surface area contributed by atoms with Gasteiger partial charge in [-0.05, 0) is 7.05 Å². The lowest BCUT2D eigenvalue weighted by atomic mass is 10.3. The van der Waals surface area contributed by atoms with E-state index in [0.717, 1.165) is 13.1 Å². The SMILES string of the molecule is CCC(=O)N(C)CCN(CCO)C(=O)CC.CNCCNCCO. The first-order valence-electron chi connectivity index (χ1n) is 8.57. The summed E-state index contributed by atoms with van der Waals surface area (Å²) >= 11 is 0. The summed E-state index contributed by atoms with van der Waals surface area (Å²) in [4.78, 5) is 25.9. The molecule has 8 nitrogen and oxygen atoms in total. The Morgan fingerprint density at radius 1 is 0.875 bits per heavy atom. The molecule has 0 aliphatic heterocycles. The number of amides is 2. The number of hydrogen-bond donors (Lipinski definition) is 4. The fourth-order valence-corrected chi connectivity index (χ4v) is 1.79. The van der Waals surface area contributed by atoms with Gasteiger partial charge < -0.3 is 30.6 Å². The summed E-state index contributed by atoms with van der Waals surface area (Å²) in [5.41, 5.74) is 0. The Morgan fingerprint density at radius 3 is 1.96 bits per heavy atom. The maximum absolute atomic E-state index is 11.5. The number of rotatable bonds is 12. The maximum Gasteiger partial charge on any atom is 0.222 e. The molecule has 0 radical (unpaired) electrons. The standard InChI is InChI=1S/C11H22N2O3.C5H14N2O/c1-4-10(15)12(3)6-7-13(8-9-14)11(16)5-2;1-6-2-3-7-4-5-8/h14H,4-9H2,1-3H3;6-8H,2-5H2,1H3. The van der Waals surface area contributed by atoms with Gasteiger partial charge in [-0.1, -0.05) is 13.8 Å². The van der Waals surface area contributed by atoms with Gasteiger partial charge in [-0.2, -0.15) is 0 Å². The highest BCUT2D eigenvalue weighted by atomic mass is 16.3. The molecule has 8 heteroatoms. The van der Waals surface area contributed by atoms with Crippen LogP contribution in [-0.2, 0) is 9.59 Å². The van der Waals surface area contributed by atoms with Crippen molar-refractivity contribution in [1.82, 2.24) is 20.4 Å². The van der Waals surface area contributed by atoms with E-state index in [1.165, 1.54) is 0 Å². The Morgan fingerprint density at radius 2 is 1.50 bits per heavy atom. The number of carbonyl (C=O) groups is 2. The zero-order valence-corrected chi connectivity index (χ0v) is 15.7. The summed E-state index contributed by atoms with van der Waals surface area (Å²) in [6, 6.07) is 0. The highest BCUT2D eigenvalue weighted by Crippen LogP contribution is 1.96. The van der Waals surface area contributed by atoms with Gasteiger partial charge in [0, 0.05) is 59.2 Å². The van der Waals surface area contributed by atoms with Crippen LogP contribution in [-0.4, -0.2) is 98.4 Å². The van der Waals surface area contributed by atoms with Crippen molar-refractivity contribution in [2.24, 2.45) is 0 Å². The van der Waals surface area contributed by atoms with E-state index in [2.05, 4.69) is 10.6 Å². The van der Waals surface area contributed by atoms with Crippen molar-refractivity contribution in [3.05, 3.63) is 0 Å². The summed E-state index contributed by atoms with van der Waals surface area (Å²) < 4.78 is 0. The summed E-state index contributed by atoms with van der Waals surface area (Å²) in [5, 5.41) is 23.1. The first-order chi connectivity index (χ1) is 11.5. The second kappa shape index (κ2) is 18.1. The largest absolute Gasteiger partial charge is 0.395 e.